The number of hydrogen-bond acceptors (Lipinski definition) is 3. The predicted molar refractivity (Wildman–Crippen MR) is 68.0 cm³/mol. The van der Waals surface area contributed by atoms with Crippen molar-refractivity contribution < 1.29 is 15.3 Å². The van der Waals surface area contributed by atoms with Gasteiger partial charge < -0.3 is 15.3 Å². The fourth-order valence-electron chi connectivity index (χ4n) is 1.18. The fraction of sp³-hybridized carbons (Fsp3) is 0.571. The highest BCUT2D eigenvalue weighted by molar-refractivity contribution is 5.31. The topological polar surface area (TPSA) is 60.7 Å². The van der Waals surface area contributed by atoms with Crippen LogP contribution in [-0.2, 0) is 0 Å². The normalized spacial score (nSPS) is 11.5. The molecule has 0 saturated carbocycles. The third kappa shape index (κ3) is 12.7. The van der Waals surface area contributed by atoms with Gasteiger partial charge in [-0.2, -0.15) is 0 Å². The van der Waals surface area contributed by atoms with Crippen LogP contribution < -0.4 is 0 Å². The summed E-state index contributed by atoms with van der Waals surface area (Å²) in [7, 11) is 0. The lowest BCUT2D eigenvalue weighted by Gasteiger charge is -2.01. The van der Waals surface area contributed by atoms with E-state index in [2.05, 4.69) is 23.7 Å². The Morgan fingerprint density at radius 2 is 1.76 bits per heavy atom. The number of aliphatic hydroxyl groups is 3. The molecule has 1 atom stereocenters. The lowest BCUT2D eigenvalue weighted by Crippen LogP contribution is -2.02. The van der Waals surface area contributed by atoms with Gasteiger partial charge in [-0.05, 0) is 37.2 Å². The summed E-state index contributed by atoms with van der Waals surface area (Å²) >= 11 is 0. The zero-order valence-corrected chi connectivity index (χ0v) is 10.0. The molecule has 0 amide bonds. The second-order valence-corrected chi connectivity index (χ2v) is 3.57. The van der Waals surface area contributed by atoms with Crippen molar-refractivity contribution in [3.05, 3.63) is 12.2 Å². The minimum Gasteiger partial charge on any atom is -0.396 e. The van der Waals surface area contributed by atoms with E-state index >= 15 is 0 Å². The average molecular weight is 236 g/mol. The molecule has 17 heavy (non-hydrogen) atoms. The van der Waals surface area contributed by atoms with E-state index in [1.165, 1.54) is 12.2 Å². The second kappa shape index (κ2) is 12.8. The molecule has 94 valence electrons. The van der Waals surface area contributed by atoms with Crippen LogP contribution in [0.2, 0.25) is 0 Å². The van der Waals surface area contributed by atoms with Gasteiger partial charge in [0.05, 0.1) is 6.61 Å². The van der Waals surface area contributed by atoms with Crippen molar-refractivity contribution in [1.29, 1.82) is 0 Å². The Hall–Kier alpha value is -1.26. The summed E-state index contributed by atoms with van der Waals surface area (Å²) in [5.74, 6) is 10.4. The lowest BCUT2D eigenvalue weighted by molar-refractivity contribution is 0.216. The summed E-state index contributed by atoms with van der Waals surface area (Å²) in [6, 6.07) is 0. The van der Waals surface area contributed by atoms with Crippen LogP contribution in [0.5, 0.6) is 0 Å². The number of unbranched alkanes of at least 4 members (excludes halogenated alkanes) is 3. The maximum atomic E-state index is 9.46. The van der Waals surface area contributed by atoms with Gasteiger partial charge in [-0.25, -0.2) is 0 Å². The van der Waals surface area contributed by atoms with Crippen LogP contribution in [0.4, 0.5) is 0 Å². The molecule has 0 saturated heterocycles. The first-order valence-corrected chi connectivity index (χ1v) is 5.87. The number of allylic oxidation sites excluding steroid dienone is 1. The summed E-state index contributed by atoms with van der Waals surface area (Å²) in [5, 5.41) is 26.5. The van der Waals surface area contributed by atoms with Gasteiger partial charge >= 0.3 is 0 Å². The molecule has 0 bridgehead atoms. The first kappa shape index (κ1) is 15.7. The van der Waals surface area contributed by atoms with Gasteiger partial charge in [-0.15, -0.1) is 0 Å². The molecular weight excluding hydrogens is 216 g/mol. The van der Waals surface area contributed by atoms with E-state index in [0.717, 1.165) is 25.7 Å². The van der Waals surface area contributed by atoms with Crippen LogP contribution in [0.3, 0.4) is 0 Å². The zero-order chi connectivity index (χ0) is 12.8. The van der Waals surface area contributed by atoms with Crippen LogP contribution in [0.1, 0.15) is 32.1 Å². The molecule has 0 aromatic heterocycles. The Balaban J connectivity index is 3.62. The maximum Gasteiger partial charge on any atom is 0.115 e. The second-order valence-electron chi connectivity index (χ2n) is 3.57. The molecule has 0 aromatic carbocycles. The summed E-state index contributed by atoms with van der Waals surface area (Å²) in [6.07, 6.45) is 6.79. The Morgan fingerprint density at radius 3 is 2.47 bits per heavy atom. The molecule has 0 radical (unpaired) electrons. The van der Waals surface area contributed by atoms with Crippen molar-refractivity contribution in [1.82, 2.24) is 0 Å². The van der Waals surface area contributed by atoms with E-state index in [1.807, 2.05) is 0 Å². The van der Waals surface area contributed by atoms with Crippen molar-refractivity contribution in [2.24, 2.45) is 0 Å². The van der Waals surface area contributed by atoms with E-state index < -0.39 is 6.10 Å². The summed E-state index contributed by atoms with van der Waals surface area (Å²) in [4.78, 5) is 0. The first-order valence-electron chi connectivity index (χ1n) is 5.87. The highest BCUT2D eigenvalue weighted by atomic mass is 16.3. The Morgan fingerprint density at radius 1 is 1.00 bits per heavy atom. The molecule has 0 aromatic rings. The molecule has 0 rings (SSSR count). The van der Waals surface area contributed by atoms with E-state index in [1.54, 1.807) is 0 Å². The monoisotopic (exact) mass is 236 g/mol. The van der Waals surface area contributed by atoms with Gasteiger partial charge in [0.25, 0.3) is 0 Å². The summed E-state index contributed by atoms with van der Waals surface area (Å²) in [5.41, 5.74) is 0. The molecule has 0 aliphatic heterocycles. The van der Waals surface area contributed by atoms with Gasteiger partial charge in [0.1, 0.15) is 6.10 Å². The summed E-state index contributed by atoms with van der Waals surface area (Å²) < 4.78 is 0. The Labute approximate surface area is 103 Å². The van der Waals surface area contributed by atoms with Crippen LogP contribution in [0, 0.1) is 23.7 Å². The van der Waals surface area contributed by atoms with Crippen molar-refractivity contribution >= 4 is 0 Å². The molecule has 0 fully saturated rings. The quantitative estimate of drug-likeness (QED) is 0.453. The minimum atomic E-state index is -0.625. The molecule has 0 aliphatic carbocycles. The molecule has 0 spiro atoms. The molecule has 0 unspecified atom stereocenters. The van der Waals surface area contributed by atoms with Crippen LogP contribution in [0.15, 0.2) is 12.2 Å². The minimum absolute atomic E-state index is 0.0292. The van der Waals surface area contributed by atoms with E-state index in [0.29, 0.717) is 6.42 Å². The van der Waals surface area contributed by atoms with Crippen LogP contribution in [-0.4, -0.2) is 34.6 Å². The third-order valence-corrected chi connectivity index (χ3v) is 2.07. The molecule has 0 heterocycles. The van der Waals surface area contributed by atoms with Gasteiger partial charge in [0.15, 0.2) is 0 Å². The Bertz CT molecular complexity index is 312. The van der Waals surface area contributed by atoms with Gasteiger partial charge in [0, 0.05) is 6.61 Å². The molecule has 3 heteroatoms. The zero-order valence-electron chi connectivity index (χ0n) is 10.0. The van der Waals surface area contributed by atoms with Crippen molar-refractivity contribution in [3.8, 4) is 23.7 Å². The highest BCUT2D eigenvalue weighted by Gasteiger charge is 1.97. The fourth-order valence-corrected chi connectivity index (χ4v) is 1.18. The van der Waals surface area contributed by atoms with Gasteiger partial charge in [-0.3, -0.25) is 0 Å². The van der Waals surface area contributed by atoms with Crippen LogP contribution in [0.25, 0.3) is 0 Å². The lowest BCUT2D eigenvalue weighted by atomic mass is 10.1. The summed E-state index contributed by atoms with van der Waals surface area (Å²) in [6.45, 7) is 0.206. The van der Waals surface area contributed by atoms with Crippen molar-refractivity contribution in [2.75, 3.05) is 13.2 Å². The SMILES string of the molecule is OCC=CC#CC#C[C@@H](O)CCCCCCO. The molecular formula is C14H20O3. The standard InChI is InChI=1S/C14H20O3/c15-12-8-4-1-2-6-10-14(17)11-7-3-5-9-13-16/h4,8,14-17H,3,5,7,9,11-13H2/t14-/m1/s1. The predicted octanol–water partition coefficient (Wildman–Crippen LogP) is 0.845. The highest BCUT2D eigenvalue weighted by Crippen LogP contribution is 2.04. The molecule has 0 aliphatic rings. The molecule has 3 nitrogen and oxygen atoms in total. The van der Waals surface area contributed by atoms with Gasteiger partial charge in [0.2, 0.25) is 0 Å². The smallest absolute Gasteiger partial charge is 0.115 e. The van der Waals surface area contributed by atoms with Crippen molar-refractivity contribution in [3.63, 3.8) is 0 Å². The number of hydrogen-bond donors (Lipinski definition) is 3. The van der Waals surface area contributed by atoms with E-state index in [4.69, 9.17) is 10.2 Å². The van der Waals surface area contributed by atoms with Crippen LogP contribution >= 0.6 is 0 Å². The van der Waals surface area contributed by atoms with Gasteiger partial charge in [-0.1, -0.05) is 30.8 Å². The van der Waals surface area contributed by atoms with E-state index in [-0.39, 0.29) is 13.2 Å². The first-order chi connectivity index (χ1) is 8.31. The number of rotatable bonds is 7. The number of aliphatic hydroxyl groups excluding tert-OH is 3. The molecule has 3 N–H and O–H groups in total. The maximum absolute atomic E-state index is 9.46. The third-order valence-electron chi connectivity index (χ3n) is 2.07. The van der Waals surface area contributed by atoms with Crippen molar-refractivity contribution in [2.45, 2.75) is 38.2 Å². The largest absolute Gasteiger partial charge is 0.396 e. The van der Waals surface area contributed by atoms with E-state index in [9.17, 15) is 5.11 Å². The Kier molecular flexibility index (Phi) is 11.9. The average Bonchev–Trinajstić information content (AvgIpc) is 2.33.